The third kappa shape index (κ3) is 9.93. The third-order valence-corrected chi connectivity index (χ3v) is 9.48. The van der Waals surface area contributed by atoms with Crippen LogP contribution in [-0.4, -0.2) is 92.7 Å². The largest absolute Gasteiger partial charge is 0.494 e. The van der Waals surface area contributed by atoms with E-state index in [2.05, 4.69) is 11.7 Å². The van der Waals surface area contributed by atoms with Crippen LogP contribution >= 0.6 is 0 Å². The van der Waals surface area contributed by atoms with E-state index in [-0.39, 0.29) is 40.0 Å². The molecule has 3 aromatic rings. The van der Waals surface area contributed by atoms with Crippen molar-refractivity contribution in [2.45, 2.75) is 86.3 Å². The van der Waals surface area contributed by atoms with Gasteiger partial charge in [-0.25, -0.2) is 4.79 Å². The molecule has 0 bridgehead atoms. The highest BCUT2D eigenvalue weighted by Crippen LogP contribution is 2.65. The second-order valence-corrected chi connectivity index (χ2v) is 14.7. The molecule has 0 saturated carbocycles. The van der Waals surface area contributed by atoms with Crippen LogP contribution in [0.15, 0.2) is 72.8 Å². The van der Waals surface area contributed by atoms with Gasteiger partial charge in [0, 0.05) is 12.0 Å². The number of esters is 1. The van der Waals surface area contributed by atoms with E-state index in [0.717, 1.165) is 37.8 Å². The highest BCUT2D eigenvalue weighted by Gasteiger charge is 2.97. The van der Waals surface area contributed by atoms with Crippen molar-refractivity contribution in [3.8, 4) is 28.4 Å². The van der Waals surface area contributed by atoms with Crippen molar-refractivity contribution in [3.63, 3.8) is 0 Å². The maximum absolute atomic E-state index is 14.4. The number of hydrogen-bond acceptors (Lipinski definition) is 6. The van der Waals surface area contributed by atoms with Crippen LogP contribution in [0.4, 0.5) is 83.4 Å². The first-order valence-electron chi connectivity index (χ1n) is 18.3. The fourth-order valence-electron chi connectivity index (χ4n) is 5.54. The Morgan fingerprint density at radius 1 is 0.516 bits per heavy atom. The minimum Gasteiger partial charge on any atom is -0.494 e. The number of carbonyl (C=O) groups excluding carboxylic acids is 1. The van der Waals surface area contributed by atoms with Crippen molar-refractivity contribution in [2.24, 2.45) is 5.41 Å². The van der Waals surface area contributed by atoms with E-state index in [1.165, 1.54) is 48.5 Å². The maximum Gasteiger partial charge on any atom is 0.471 e. The quantitative estimate of drug-likeness (QED) is 0.0433. The first-order chi connectivity index (χ1) is 29.2. The summed E-state index contributed by atoms with van der Waals surface area (Å²) in [6.07, 6.45) is -11.6. The molecule has 0 unspecified atom stereocenters. The molecular weight excluding hydrogens is 925 g/mol. The lowest BCUT2D eigenvalue weighted by molar-refractivity contribution is -0.476. The van der Waals surface area contributed by atoms with Gasteiger partial charge in [0.1, 0.15) is 17.2 Å². The lowest BCUT2D eigenvalue weighted by Gasteiger charge is -2.43. The second kappa shape index (κ2) is 18.3. The summed E-state index contributed by atoms with van der Waals surface area (Å²) < 4.78 is 284. The zero-order valence-corrected chi connectivity index (χ0v) is 32.4. The molecule has 0 N–H and O–H groups in total. The molecule has 6 nitrogen and oxygen atoms in total. The maximum atomic E-state index is 14.4. The average Bonchev–Trinajstić information content (AvgIpc) is 3.19. The Labute approximate surface area is 349 Å². The fraction of sp³-hybridized carbons (Fsp3) is 0.513. The smallest absolute Gasteiger partial charge is 0.471 e. The molecule has 1 aliphatic rings. The molecular formula is C39H33F19O6. The highest BCUT2D eigenvalue weighted by atomic mass is 19.4. The van der Waals surface area contributed by atoms with Crippen molar-refractivity contribution in [2.75, 3.05) is 33.0 Å². The molecule has 0 aromatic heterocycles. The molecule has 0 aliphatic carbocycles. The lowest BCUT2D eigenvalue weighted by Crippen LogP contribution is -2.76. The summed E-state index contributed by atoms with van der Waals surface area (Å²) >= 11 is 0. The number of benzene rings is 3. The Morgan fingerprint density at radius 3 is 1.36 bits per heavy atom. The van der Waals surface area contributed by atoms with Gasteiger partial charge in [-0.15, -0.1) is 0 Å². The Hall–Kier alpha value is -4.68. The summed E-state index contributed by atoms with van der Waals surface area (Å²) in [6.45, 7) is 5.21. The van der Waals surface area contributed by atoms with Crippen molar-refractivity contribution in [1.82, 2.24) is 0 Å². The third-order valence-electron chi connectivity index (χ3n) is 9.48. The standard InChI is InChI=1S/C39H33F19O6/c1-30(21-61-22-30)20-60-18-4-2-3-5-19-62-26-12-10-25(11-13-26)29(59)63-27-14-6-23(7-15-27)24-8-16-28(17-9-24)64-39(57,58)37(52,53)35(48,49)33(44,45)31(40,41)32(42,43)34(46,47)36(50,51)38(54,55)56/h6-17H,2-5,18-22H2,1H3. The van der Waals surface area contributed by atoms with Crippen molar-refractivity contribution in [3.05, 3.63) is 78.4 Å². The van der Waals surface area contributed by atoms with Gasteiger partial charge in [0.25, 0.3) is 0 Å². The van der Waals surface area contributed by atoms with E-state index in [9.17, 15) is 88.2 Å². The van der Waals surface area contributed by atoms with E-state index in [4.69, 9.17) is 18.9 Å². The van der Waals surface area contributed by atoms with Crippen LogP contribution in [0.5, 0.6) is 17.2 Å². The summed E-state index contributed by atoms with van der Waals surface area (Å²) in [7, 11) is 0. The van der Waals surface area contributed by atoms with Crippen LogP contribution < -0.4 is 14.2 Å². The molecule has 25 heteroatoms. The molecule has 1 heterocycles. The first kappa shape index (κ1) is 51.9. The first-order valence-corrected chi connectivity index (χ1v) is 18.3. The van der Waals surface area contributed by atoms with Crippen LogP contribution in [0.25, 0.3) is 11.1 Å². The zero-order chi connectivity index (χ0) is 48.4. The van der Waals surface area contributed by atoms with Crippen LogP contribution in [-0.2, 0) is 9.47 Å². The number of halogens is 19. The van der Waals surface area contributed by atoms with E-state index in [1.807, 2.05) is 0 Å². The van der Waals surface area contributed by atoms with E-state index in [1.54, 1.807) is 0 Å². The van der Waals surface area contributed by atoms with E-state index in [0.29, 0.717) is 38.8 Å². The van der Waals surface area contributed by atoms with Crippen LogP contribution in [0.1, 0.15) is 43.0 Å². The van der Waals surface area contributed by atoms with Gasteiger partial charge in [-0.05, 0) is 78.9 Å². The van der Waals surface area contributed by atoms with E-state index < -0.39 is 65.5 Å². The molecule has 64 heavy (non-hydrogen) atoms. The Bertz CT molecular complexity index is 2020. The van der Waals surface area contributed by atoms with Crippen molar-refractivity contribution >= 4 is 5.97 Å². The van der Waals surface area contributed by atoms with Gasteiger partial charge >= 0.3 is 59.7 Å². The summed E-state index contributed by atoms with van der Waals surface area (Å²) in [5.74, 6) is -62.9. The number of unbranched alkanes of at least 4 members (excludes halogenated alkanes) is 3. The Balaban J connectivity index is 1.32. The summed E-state index contributed by atoms with van der Waals surface area (Å²) in [5, 5.41) is 0. The summed E-state index contributed by atoms with van der Waals surface area (Å²) in [4.78, 5) is 12.6. The van der Waals surface area contributed by atoms with Gasteiger partial charge in [0.05, 0.1) is 32.0 Å². The molecule has 0 spiro atoms. The van der Waals surface area contributed by atoms with Gasteiger partial charge in [-0.3, -0.25) is 0 Å². The zero-order valence-electron chi connectivity index (χ0n) is 32.4. The van der Waals surface area contributed by atoms with Crippen LogP contribution in [0.2, 0.25) is 0 Å². The molecule has 0 radical (unpaired) electrons. The minimum absolute atomic E-state index is 0.0372. The number of hydrogen-bond donors (Lipinski definition) is 0. The minimum atomic E-state index is -9.03. The molecule has 3 aromatic carbocycles. The van der Waals surface area contributed by atoms with Gasteiger partial charge in [-0.2, -0.15) is 83.4 Å². The predicted molar refractivity (Wildman–Crippen MR) is 183 cm³/mol. The molecule has 4 rings (SSSR count). The number of carbonyl (C=O) groups is 1. The SMILES string of the molecule is CC1(COCCCCCCOc2ccc(C(=O)Oc3ccc(-c4ccc(OC(F)(F)C(F)(F)C(F)(F)C(F)(F)C(F)(F)C(F)(F)C(F)(F)C(F)(F)C(F)(F)F)cc4)cc3)cc2)COC1. The molecule has 1 saturated heterocycles. The Kier molecular flexibility index (Phi) is 14.9. The highest BCUT2D eigenvalue weighted by molar-refractivity contribution is 5.91. The van der Waals surface area contributed by atoms with Crippen LogP contribution in [0, 0.1) is 5.41 Å². The van der Waals surface area contributed by atoms with Crippen molar-refractivity contribution < 1.29 is 112 Å². The Morgan fingerprint density at radius 2 is 0.922 bits per heavy atom. The molecule has 0 atom stereocenters. The fourth-order valence-corrected chi connectivity index (χ4v) is 5.54. The van der Waals surface area contributed by atoms with Gasteiger partial charge in [0.15, 0.2) is 0 Å². The average molecular weight is 959 g/mol. The monoisotopic (exact) mass is 958 g/mol. The lowest BCUT2D eigenvalue weighted by atomic mass is 9.88. The molecule has 1 aliphatic heterocycles. The summed E-state index contributed by atoms with van der Waals surface area (Å²) in [6, 6.07) is 12.8. The van der Waals surface area contributed by atoms with E-state index >= 15 is 0 Å². The number of ether oxygens (including phenoxy) is 5. The van der Waals surface area contributed by atoms with Gasteiger partial charge in [0.2, 0.25) is 0 Å². The van der Waals surface area contributed by atoms with Gasteiger partial charge in [-0.1, -0.05) is 37.6 Å². The molecule has 1 fully saturated rings. The van der Waals surface area contributed by atoms with Crippen molar-refractivity contribution in [1.29, 1.82) is 0 Å². The molecule has 358 valence electrons. The topological polar surface area (TPSA) is 63.2 Å². The van der Waals surface area contributed by atoms with Gasteiger partial charge < -0.3 is 23.7 Å². The second-order valence-electron chi connectivity index (χ2n) is 14.7. The normalized spacial score (nSPS) is 15.7. The predicted octanol–water partition coefficient (Wildman–Crippen LogP) is 12.5. The summed E-state index contributed by atoms with van der Waals surface area (Å²) in [5.41, 5.74) is 0.298. The number of alkyl halides is 19. The van der Waals surface area contributed by atoms with Crippen LogP contribution in [0.3, 0.4) is 0 Å². The molecule has 0 amide bonds. The number of rotatable bonds is 22.